The second kappa shape index (κ2) is 8.87. The predicted molar refractivity (Wildman–Crippen MR) is 116 cm³/mol. The van der Waals surface area contributed by atoms with Gasteiger partial charge in [0.05, 0.1) is 11.5 Å². The van der Waals surface area contributed by atoms with Crippen molar-refractivity contribution in [3.05, 3.63) is 93.5 Å². The summed E-state index contributed by atoms with van der Waals surface area (Å²) in [6, 6.07) is 21.0. The second-order valence-corrected chi connectivity index (χ2v) is 7.33. The monoisotopic (exact) mass is 418 g/mol. The Kier molecular flexibility index (Phi) is 5.84. The van der Waals surface area contributed by atoms with Gasteiger partial charge in [0.2, 0.25) is 0 Å². The maximum atomic E-state index is 12.2. The van der Waals surface area contributed by atoms with Gasteiger partial charge in [-0.25, -0.2) is 4.79 Å². The molecule has 1 amide bonds. The minimum absolute atomic E-state index is 0.00962. The number of ether oxygens (including phenoxy) is 2. The molecule has 0 bridgehead atoms. The largest absolute Gasteiger partial charge is 0.485 e. The fourth-order valence-corrected chi connectivity index (χ4v) is 3.86. The van der Waals surface area contributed by atoms with E-state index in [2.05, 4.69) is 29.6 Å². The Labute approximate surface area is 179 Å². The first-order valence-corrected chi connectivity index (χ1v) is 10.0. The van der Waals surface area contributed by atoms with Crippen LogP contribution in [0.2, 0.25) is 0 Å². The Hall–Kier alpha value is -3.87. The fourth-order valence-electron chi connectivity index (χ4n) is 3.86. The fraction of sp³-hybridized carbons (Fsp3) is 0.208. The van der Waals surface area contributed by atoms with E-state index in [-0.39, 0.29) is 37.1 Å². The van der Waals surface area contributed by atoms with Gasteiger partial charge in [0.15, 0.2) is 5.75 Å². The second-order valence-electron chi connectivity index (χ2n) is 7.33. The molecule has 0 unspecified atom stereocenters. The molecule has 4 rings (SSSR count). The van der Waals surface area contributed by atoms with Gasteiger partial charge in [0.1, 0.15) is 13.2 Å². The topological polar surface area (TPSA) is 90.7 Å². The summed E-state index contributed by atoms with van der Waals surface area (Å²) in [5, 5.41) is 13.8. The minimum Gasteiger partial charge on any atom is -0.485 e. The summed E-state index contributed by atoms with van der Waals surface area (Å²) in [6.07, 6.45) is -0.552. The van der Waals surface area contributed by atoms with Crippen molar-refractivity contribution >= 4 is 11.8 Å². The zero-order valence-corrected chi connectivity index (χ0v) is 17.0. The SMILES string of the molecule is Cc1ccc(OCCNC(=O)OCC2c3ccccc3-c3ccccc32)c([N+](=O)[O-])c1. The van der Waals surface area contributed by atoms with Crippen LogP contribution in [0.15, 0.2) is 66.7 Å². The number of carbonyl (C=O) groups is 1. The summed E-state index contributed by atoms with van der Waals surface area (Å²) in [5.74, 6) is 0.162. The van der Waals surface area contributed by atoms with Gasteiger partial charge < -0.3 is 14.8 Å². The van der Waals surface area contributed by atoms with Crippen LogP contribution >= 0.6 is 0 Å². The first-order chi connectivity index (χ1) is 15.0. The van der Waals surface area contributed by atoms with E-state index >= 15 is 0 Å². The quantitative estimate of drug-likeness (QED) is 0.337. The predicted octanol–water partition coefficient (Wildman–Crippen LogP) is 4.82. The van der Waals surface area contributed by atoms with Crippen LogP contribution in [0.4, 0.5) is 10.5 Å². The molecule has 1 N–H and O–H groups in total. The van der Waals surface area contributed by atoms with Crippen molar-refractivity contribution in [3.8, 4) is 16.9 Å². The van der Waals surface area contributed by atoms with Crippen molar-refractivity contribution in [1.29, 1.82) is 0 Å². The summed E-state index contributed by atoms with van der Waals surface area (Å²) in [7, 11) is 0. The lowest BCUT2D eigenvalue weighted by molar-refractivity contribution is -0.385. The third kappa shape index (κ3) is 4.35. The number of nitrogens with zero attached hydrogens (tertiary/aromatic N) is 1. The van der Waals surface area contributed by atoms with Gasteiger partial charge in [0, 0.05) is 12.0 Å². The molecular weight excluding hydrogens is 396 g/mol. The number of hydrogen-bond acceptors (Lipinski definition) is 5. The molecule has 0 radical (unpaired) electrons. The van der Waals surface area contributed by atoms with Crippen LogP contribution in [0, 0.1) is 17.0 Å². The van der Waals surface area contributed by atoms with Gasteiger partial charge in [-0.15, -0.1) is 0 Å². The normalized spacial score (nSPS) is 12.0. The number of nitrogens with one attached hydrogen (secondary N) is 1. The standard InChI is InChI=1S/C24H22N2O5/c1-16-10-11-23(22(14-16)26(28)29)30-13-12-25-24(27)31-15-21-19-8-4-2-6-17(19)18-7-3-5-9-20(18)21/h2-11,14,21H,12-13,15H2,1H3,(H,25,27). The molecule has 0 atom stereocenters. The van der Waals surface area contributed by atoms with E-state index < -0.39 is 11.0 Å². The number of carbonyl (C=O) groups excluding carboxylic acids is 1. The first kappa shape index (κ1) is 20.4. The third-order valence-electron chi connectivity index (χ3n) is 5.28. The molecule has 0 spiro atoms. The van der Waals surface area contributed by atoms with Crippen LogP contribution in [0.1, 0.15) is 22.6 Å². The lowest BCUT2D eigenvalue weighted by Crippen LogP contribution is -2.30. The smallest absolute Gasteiger partial charge is 0.407 e. The number of alkyl carbamates (subject to hydrolysis) is 1. The number of nitro groups is 1. The third-order valence-corrected chi connectivity index (χ3v) is 5.28. The summed E-state index contributed by atoms with van der Waals surface area (Å²) in [5.41, 5.74) is 5.30. The number of aryl methyl sites for hydroxylation is 1. The van der Waals surface area contributed by atoms with Gasteiger partial charge in [-0.1, -0.05) is 54.6 Å². The van der Waals surface area contributed by atoms with Crippen LogP contribution in [-0.4, -0.2) is 30.8 Å². The summed E-state index contributed by atoms with van der Waals surface area (Å²) >= 11 is 0. The van der Waals surface area contributed by atoms with Gasteiger partial charge in [-0.3, -0.25) is 10.1 Å². The molecule has 31 heavy (non-hydrogen) atoms. The molecular formula is C24H22N2O5. The molecule has 7 heteroatoms. The average Bonchev–Trinajstić information content (AvgIpc) is 3.10. The van der Waals surface area contributed by atoms with Crippen LogP contribution in [0.25, 0.3) is 11.1 Å². The molecule has 3 aromatic rings. The Morgan fingerprint density at radius 1 is 1.03 bits per heavy atom. The maximum absolute atomic E-state index is 12.2. The van der Waals surface area contributed by atoms with Gasteiger partial charge >= 0.3 is 11.8 Å². The number of hydrogen-bond donors (Lipinski definition) is 1. The Morgan fingerprint density at radius 2 is 1.68 bits per heavy atom. The highest BCUT2D eigenvalue weighted by molar-refractivity contribution is 5.79. The van der Waals surface area contributed by atoms with E-state index in [1.807, 2.05) is 24.3 Å². The van der Waals surface area contributed by atoms with Crippen molar-refractivity contribution in [1.82, 2.24) is 5.32 Å². The highest BCUT2D eigenvalue weighted by Gasteiger charge is 2.28. The molecule has 0 fully saturated rings. The van der Waals surface area contributed by atoms with Gasteiger partial charge in [0.25, 0.3) is 0 Å². The van der Waals surface area contributed by atoms with Crippen molar-refractivity contribution < 1.29 is 19.2 Å². The van der Waals surface area contributed by atoms with E-state index in [4.69, 9.17) is 9.47 Å². The van der Waals surface area contributed by atoms with Crippen LogP contribution < -0.4 is 10.1 Å². The van der Waals surface area contributed by atoms with Crippen molar-refractivity contribution in [2.24, 2.45) is 0 Å². The molecule has 3 aromatic carbocycles. The number of fused-ring (bicyclic) bond motifs is 3. The van der Waals surface area contributed by atoms with E-state index in [1.54, 1.807) is 19.1 Å². The maximum Gasteiger partial charge on any atom is 0.407 e. The Morgan fingerprint density at radius 3 is 2.32 bits per heavy atom. The summed E-state index contributed by atoms with van der Waals surface area (Å²) in [6.45, 7) is 2.26. The highest BCUT2D eigenvalue weighted by atomic mass is 16.6. The molecule has 0 aromatic heterocycles. The van der Waals surface area contributed by atoms with Crippen molar-refractivity contribution in [2.75, 3.05) is 19.8 Å². The average molecular weight is 418 g/mol. The van der Waals surface area contributed by atoms with Gasteiger partial charge in [-0.2, -0.15) is 0 Å². The zero-order chi connectivity index (χ0) is 21.8. The van der Waals surface area contributed by atoms with Crippen LogP contribution in [-0.2, 0) is 4.74 Å². The Balaban J connectivity index is 1.30. The molecule has 0 saturated carbocycles. The number of nitro benzene ring substituents is 1. The lowest BCUT2D eigenvalue weighted by atomic mass is 9.98. The summed E-state index contributed by atoms with van der Waals surface area (Å²) < 4.78 is 10.9. The highest BCUT2D eigenvalue weighted by Crippen LogP contribution is 2.44. The molecule has 0 aliphatic heterocycles. The molecule has 1 aliphatic rings. The Bertz CT molecular complexity index is 1080. The van der Waals surface area contributed by atoms with E-state index in [0.29, 0.717) is 0 Å². The molecule has 1 aliphatic carbocycles. The van der Waals surface area contributed by atoms with Crippen LogP contribution in [0.5, 0.6) is 5.75 Å². The molecule has 158 valence electrons. The van der Waals surface area contributed by atoms with Crippen LogP contribution in [0.3, 0.4) is 0 Å². The molecule has 0 heterocycles. The first-order valence-electron chi connectivity index (χ1n) is 10.0. The number of benzene rings is 3. The van der Waals surface area contributed by atoms with Crippen molar-refractivity contribution in [2.45, 2.75) is 12.8 Å². The molecule has 0 saturated heterocycles. The van der Waals surface area contributed by atoms with E-state index in [1.165, 1.54) is 17.2 Å². The zero-order valence-electron chi connectivity index (χ0n) is 17.0. The molecule has 7 nitrogen and oxygen atoms in total. The van der Waals surface area contributed by atoms with E-state index in [0.717, 1.165) is 16.7 Å². The number of amides is 1. The summed E-state index contributed by atoms with van der Waals surface area (Å²) in [4.78, 5) is 22.8. The van der Waals surface area contributed by atoms with Crippen molar-refractivity contribution in [3.63, 3.8) is 0 Å². The number of rotatable bonds is 7. The lowest BCUT2D eigenvalue weighted by Gasteiger charge is -2.14. The van der Waals surface area contributed by atoms with Gasteiger partial charge in [-0.05, 0) is 40.8 Å². The van der Waals surface area contributed by atoms with E-state index in [9.17, 15) is 14.9 Å². The minimum atomic E-state index is -0.552.